The highest BCUT2D eigenvalue weighted by Gasteiger charge is 2.49. The second-order valence-electron chi connectivity index (χ2n) is 6.24. The summed E-state index contributed by atoms with van der Waals surface area (Å²) >= 11 is 0. The van der Waals surface area contributed by atoms with Gasteiger partial charge < -0.3 is 19.5 Å². The Hall–Kier alpha value is 0.0149. The van der Waals surface area contributed by atoms with Crippen molar-refractivity contribution in [3.05, 3.63) is 12.2 Å². The number of carbonyl (C=O) groups is 1. The summed E-state index contributed by atoms with van der Waals surface area (Å²) in [4.78, 5) is 11.6. The summed E-state index contributed by atoms with van der Waals surface area (Å²) in [6, 6.07) is 0. The van der Waals surface area contributed by atoms with Crippen LogP contribution >= 0.6 is 16.6 Å². The van der Waals surface area contributed by atoms with Crippen LogP contribution in [0.3, 0.4) is 0 Å². The van der Waals surface area contributed by atoms with Gasteiger partial charge in [0.2, 0.25) is 2.86 Å². The molecular formula is C15H25BO5P2. The van der Waals surface area contributed by atoms with Crippen LogP contribution in [0.5, 0.6) is 0 Å². The van der Waals surface area contributed by atoms with Crippen LogP contribution < -0.4 is 0 Å². The highest BCUT2D eigenvalue weighted by atomic mass is 32.0. The maximum absolute atomic E-state index is 11.6. The molecule has 2 N–H and O–H groups in total. The monoisotopic (exact) mass is 362 g/mol. The smallest absolute Gasteiger partial charge is 0.306 e. The summed E-state index contributed by atoms with van der Waals surface area (Å²) < 4.78 is 25.5. The lowest BCUT2D eigenvalue weighted by Gasteiger charge is -2.22. The van der Waals surface area contributed by atoms with Crippen LogP contribution in [0, 0.1) is 11.8 Å². The normalized spacial score (nSPS) is 35.5. The van der Waals surface area contributed by atoms with Crippen molar-refractivity contribution in [2.24, 2.45) is 11.8 Å². The van der Waals surface area contributed by atoms with Gasteiger partial charge in [-0.1, -0.05) is 28.0 Å². The Morgan fingerprint density at radius 3 is 3.09 bits per heavy atom. The van der Waals surface area contributed by atoms with Crippen LogP contribution in [0.4, 0.5) is 0 Å². The highest BCUT2D eigenvalue weighted by molar-refractivity contribution is 8.23. The molecule has 0 aromatic rings. The summed E-state index contributed by atoms with van der Waals surface area (Å²) in [7, 11) is 7.18. The third kappa shape index (κ3) is 5.51. The molecule has 6 unspecified atom stereocenters. The quantitative estimate of drug-likeness (QED) is 0.269. The number of aliphatic hydroxyl groups is 2. The van der Waals surface area contributed by atoms with Crippen molar-refractivity contribution < 1.29 is 24.3 Å². The minimum Gasteiger partial charge on any atom is -0.462 e. The molecule has 1 aliphatic carbocycles. The first-order valence-corrected chi connectivity index (χ1v) is 11.0. The SMILES string of the molecule is [3H]OC(C=CC1C2CC(=O)O[C@H]2C[C@@H]1OP([B])P)CCC(CC)O[3H]. The Labute approximate surface area is 145 Å². The fourth-order valence-electron chi connectivity index (χ4n) is 3.34. The van der Waals surface area contributed by atoms with Gasteiger partial charge in [-0.25, -0.2) is 0 Å². The van der Waals surface area contributed by atoms with Gasteiger partial charge in [-0.2, -0.15) is 0 Å². The van der Waals surface area contributed by atoms with Gasteiger partial charge in [-0.05, 0) is 27.0 Å². The Balaban J connectivity index is 1.99. The van der Waals surface area contributed by atoms with Crippen molar-refractivity contribution in [3.8, 4) is 0 Å². The number of esters is 1. The zero-order valence-corrected chi connectivity index (χ0v) is 15.3. The number of aliphatic hydroxyl groups excluding tert-OH is 2. The molecule has 8 atom stereocenters. The summed E-state index contributed by atoms with van der Waals surface area (Å²) in [5.41, 5.74) is 0. The third-order valence-corrected chi connectivity index (χ3v) is 5.46. The molecule has 5 nitrogen and oxygen atoms in total. The molecule has 0 bridgehead atoms. The number of rotatable bonds is 10. The molecule has 1 saturated heterocycles. The van der Waals surface area contributed by atoms with Crippen molar-refractivity contribution in [2.45, 2.75) is 63.4 Å². The summed E-state index contributed by atoms with van der Waals surface area (Å²) in [5.74, 6) is -0.0722. The Morgan fingerprint density at radius 2 is 2.43 bits per heavy atom. The minimum atomic E-state index is -1.08. The van der Waals surface area contributed by atoms with E-state index in [9.17, 15) is 4.79 Å². The van der Waals surface area contributed by atoms with E-state index in [1.54, 1.807) is 0 Å². The highest BCUT2D eigenvalue weighted by Crippen LogP contribution is 2.50. The van der Waals surface area contributed by atoms with Crippen LogP contribution in [0.1, 0.15) is 39.0 Å². The van der Waals surface area contributed by atoms with E-state index in [-0.39, 0.29) is 36.1 Å². The zero-order chi connectivity index (χ0) is 18.4. The zero-order valence-electron chi connectivity index (χ0n) is 15.3. The molecule has 0 aromatic carbocycles. The molecule has 8 heteroatoms. The van der Waals surface area contributed by atoms with E-state index in [1.165, 1.54) is 0 Å². The molecular weight excluding hydrogens is 333 g/mol. The van der Waals surface area contributed by atoms with Crippen molar-refractivity contribution in [1.82, 2.24) is 0 Å². The fourth-order valence-corrected chi connectivity index (χ4v) is 4.34. The first kappa shape index (κ1) is 16.5. The van der Waals surface area contributed by atoms with E-state index in [4.69, 9.17) is 24.8 Å². The third-order valence-electron chi connectivity index (χ3n) is 4.58. The Morgan fingerprint density at radius 1 is 1.61 bits per heavy atom. The van der Waals surface area contributed by atoms with Crippen LogP contribution in [0.15, 0.2) is 12.2 Å². The first-order chi connectivity index (χ1) is 12.0. The van der Waals surface area contributed by atoms with Gasteiger partial charge in [-0.3, -0.25) is 4.79 Å². The molecule has 0 amide bonds. The van der Waals surface area contributed by atoms with E-state index in [0.29, 0.717) is 25.7 Å². The maximum Gasteiger partial charge on any atom is 0.306 e. The summed E-state index contributed by atoms with van der Waals surface area (Å²) in [6.07, 6.45) is 6.06. The van der Waals surface area contributed by atoms with Crippen molar-refractivity contribution >= 4 is 30.2 Å². The van der Waals surface area contributed by atoms with Gasteiger partial charge in [0.25, 0.3) is 0 Å². The fraction of sp³-hybridized carbons (Fsp3) is 0.800. The molecule has 2 rings (SSSR count). The van der Waals surface area contributed by atoms with Crippen LogP contribution in [0.25, 0.3) is 0 Å². The number of hydrogen-bond acceptors (Lipinski definition) is 5. The largest absolute Gasteiger partial charge is 0.462 e. The lowest BCUT2D eigenvalue weighted by molar-refractivity contribution is -0.141. The van der Waals surface area contributed by atoms with Crippen molar-refractivity contribution in [3.63, 3.8) is 0 Å². The van der Waals surface area contributed by atoms with Crippen LogP contribution in [-0.4, -0.2) is 51.0 Å². The predicted octanol–water partition coefficient (Wildman–Crippen LogP) is 2.06. The summed E-state index contributed by atoms with van der Waals surface area (Å²) in [5, 5.41) is 9.40. The number of fused-ring (bicyclic) bond motifs is 1. The lowest BCUT2D eigenvalue weighted by Crippen LogP contribution is -2.20. The molecule has 1 heterocycles. The molecule has 0 aromatic heterocycles. The van der Waals surface area contributed by atoms with Crippen molar-refractivity contribution in [2.75, 3.05) is 0 Å². The lowest BCUT2D eigenvalue weighted by atomic mass is 9.91. The van der Waals surface area contributed by atoms with Gasteiger partial charge in [0.1, 0.15) is 6.10 Å². The van der Waals surface area contributed by atoms with Crippen LogP contribution in [0.2, 0.25) is 0 Å². The second-order valence-corrected chi connectivity index (χ2v) is 8.70. The molecule has 2 radical (unpaired) electrons. The first-order valence-electron chi connectivity index (χ1n) is 8.88. The number of carbonyl (C=O) groups excluding carboxylic acids is 1. The molecule has 1 aliphatic heterocycles. The number of hydrogen-bond donors (Lipinski definition) is 2. The molecule has 2 aliphatic rings. The van der Waals surface area contributed by atoms with E-state index >= 15 is 0 Å². The van der Waals surface area contributed by atoms with Gasteiger partial charge in [-0.15, -0.1) is 0 Å². The van der Waals surface area contributed by atoms with Gasteiger partial charge in [0.05, 0.1) is 24.7 Å². The van der Waals surface area contributed by atoms with Gasteiger partial charge in [0.15, 0.2) is 7.57 Å². The van der Waals surface area contributed by atoms with E-state index in [0.717, 1.165) is 6.42 Å². The maximum atomic E-state index is 11.6. The average Bonchev–Trinajstić information content (AvgIpc) is 3.06. The molecule has 128 valence electrons. The Bertz CT molecular complexity index is 467. The molecule has 1 saturated carbocycles. The Kier molecular flexibility index (Phi) is 6.39. The molecule has 23 heavy (non-hydrogen) atoms. The average molecular weight is 362 g/mol. The summed E-state index contributed by atoms with van der Waals surface area (Å²) in [6.45, 7) is 1.96. The van der Waals surface area contributed by atoms with E-state index in [2.05, 4.69) is 14.0 Å². The van der Waals surface area contributed by atoms with Crippen LogP contribution in [-0.2, 0) is 14.1 Å². The second kappa shape index (κ2) is 8.92. The van der Waals surface area contributed by atoms with E-state index in [1.807, 2.05) is 19.1 Å². The van der Waals surface area contributed by atoms with Crippen molar-refractivity contribution in [1.29, 1.82) is 2.86 Å². The number of ether oxygens (including phenoxy) is 1. The standard InChI is InChI=1S/C15H25BO5P2/c1-2-9(17)3-4-10(18)5-6-11-12-7-15(19)20-13(12)8-14(11)21-23(16)22/h5-6,9-14,17-18H,2-4,7-8,22H2,1H3/t9?,10?,11?,12?,13-,14-,23?/m0/s1/i17T,18T. The minimum absolute atomic E-state index is 0.0117. The van der Waals surface area contributed by atoms with E-state index < -0.39 is 13.8 Å². The topological polar surface area (TPSA) is 76.0 Å². The van der Waals surface area contributed by atoms with Gasteiger partial charge in [0, 0.05) is 18.3 Å². The molecule has 0 spiro atoms. The van der Waals surface area contributed by atoms with Gasteiger partial charge >= 0.3 is 5.97 Å². The molecule has 2 fully saturated rings. The predicted molar refractivity (Wildman–Crippen MR) is 94.0 cm³/mol.